The summed E-state index contributed by atoms with van der Waals surface area (Å²) in [6.45, 7) is 75.5. The molecule has 4 nitrogen and oxygen atoms in total. The largest absolute Gasteiger partial charge is 0.212 e. The molecule has 0 saturated carbocycles. The molecule has 0 aliphatic carbocycles. The lowest BCUT2D eigenvalue weighted by atomic mass is 9.85. The second-order valence-electron chi connectivity index (χ2n) is 37.2. The molecule has 0 saturated heterocycles. The summed E-state index contributed by atoms with van der Waals surface area (Å²) in [5, 5.41) is 6.52. The van der Waals surface area contributed by atoms with Crippen LogP contribution in [-0.2, 0) is 40.0 Å². The quantitative estimate of drug-likeness (QED) is 0.0448. The average molecular weight is 1470 g/mol. The molecule has 568 valence electrons. The van der Waals surface area contributed by atoms with Gasteiger partial charge in [0, 0.05) is 68.8 Å². The lowest BCUT2D eigenvalue weighted by Crippen LogP contribution is -2.45. The van der Waals surface area contributed by atoms with E-state index in [1.165, 1.54) is 141 Å². The Hall–Kier alpha value is -5.65. The van der Waals surface area contributed by atoms with E-state index in [0.717, 1.165) is 6.42 Å². The van der Waals surface area contributed by atoms with Gasteiger partial charge in [-0.1, -0.05) is 237 Å². The molecule has 4 aromatic heterocycles. The van der Waals surface area contributed by atoms with Crippen LogP contribution >= 0.6 is 0 Å². The summed E-state index contributed by atoms with van der Waals surface area (Å²) in [7, 11) is 3.17. The molecule has 0 amide bonds. The number of nitrogens with zero attached hydrogens (tertiary/aromatic N) is 4. The summed E-state index contributed by atoms with van der Waals surface area (Å²) < 4.78 is 9.42. The predicted molar refractivity (Wildman–Crippen MR) is 472 cm³/mol. The number of hydrogen-bond donors (Lipinski definition) is 0. The highest BCUT2D eigenvalue weighted by molar-refractivity contribution is 6.90. The van der Waals surface area contributed by atoms with Gasteiger partial charge in [0.1, 0.15) is 28.2 Å². The van der Waals surface area contributed by atoms with Crippen molar-refractivity contribution in [3.8, 4) is 45.0 Å². The standard InChI is InChI=1S/2C25H40NSi.C24H38NSi.C22H34NSi/c1-11-19(12-2)22-17-26(7)23(16-24(22)27(8,9)10)21-14-13-20(15-18(21)3)25(4,5)6;1-10-21(11-2)23-17-26(6)24(16-25(23)27(7,8)9)22-13-12-20(14-18(3)4)15-19(22)5;1-10-19(11-2)22-16-25(6)23(15-24(22)26(7,8)9)21-13-12-20(17(3)4)14-18(21)5;1-9-18(10-2)20-15-23(5)21(14-22(20)24(6,7)8)19-12-11-16(3)13-17(19)4/h13-17,19H,11-12H2,1-10H3;12-13,15-18,21H,10-11,14H2,1-9H3;12-17,19H,10-11H2,1-9H3;11-15,18H,9-10H2,1-8H3/q4*+1. The summed E-state index contributed by atoms with van der Waals surface area (Å²) in [6, 6.07) is 37.9. The van der Waals surface area contributed by atoms with Crippen LogP contribution in [0.5, 0.6) is 0 Å². The summed E-state index contributed by atoms with van der Waals surface area (Å²) in [4.78, 5) is 0. The van der Waals surface area contributed by atoms with Crippen molar-refractivity contribution in [2.75, 3.05) is 0 Å². The van der Waals surface area contributed by atoms with E-state index in [9.17, 15) is 0 Å². The van der Waals surface area contributed by atoms with Crippen LogP contribution in [0.4, 0.5) is 0 Å². The van der Waals surface area contributed by atoms with E-state index in [0.29, 0.717) is 35.5 Å². The molecule has 0 aliphatic rings. The van der Waals surface area contributed by atoms with Crippen LogP contribution in [0.2, 0.25) is 78.6 Å². The maximum Gasteiger partial charge on any atom is 0.212 e. The van der Waals surface area contributed by atoms with Gasteiger partial charge in [-0.2, -0.15) is 0 Å². The van der Waals surface area contributed by atoms with Crippen molar-refractivity contribution in [3.63, 3.8) is 0 Å². The summed E-state index contributed by atoms with van der Waals surface area (Å²) in [6.07, 6.45) is 20.6. The van der Waals surface area contributed by atoms with Gasteiger partial charge in [0.2, 0.25) is 22.8 Å². The lowest BCUT2D eigenvalue weighted by Gasteiger charge is -2.25. The predicted octanol–water partition coefficient (Wildman–Crippen LogP) is 23.7. The van der Waals surface area contributed by atoms with E-state index in [4.69, 9.17) is 0 Å². The van der Waals surface area contributed by atoms with Crippen LogP contribution in [-0.4, -0.2) is 32.3 Å². The van der Waals surface area contributed by atoms with Gasteiger partial charge in [-0.3, -0.25) is 0 Å². The van der Waals surface area contributed by atoms with Gasteiger partial charge in [0.15, 0.2) is 24.8 Å². The van der Waals surface area contributed by atoms with Crippen LogP contribution < -0.4 is 39.0 Å². The van der Waals surface area contributed by atoms with Gasteiger partial charge in [0.05, 0.1) is 32.3 Å². The van der Waals surface area contributed by atoms with Crippen LogP contribution in [0.3, 0.4) is 0 Å². The molecule has 0 unspecified atom stereocenters. The van der Waals surface area contributed by atoms with E-state index < -0.39 is 32.3 Å². The molecular formula is C96H152N4Si4+4. The third-order valence-electron chi connectivity index (χ3n) is 22.6. The highest BCUT2D eigenvalue weighted by Gasteiger charge is 2.34. The van der Waals surface area contributed by atoms with Crippen LogP contribution in [0.1, 0.15) is 252 Å². The van der Waals surface area contributed by atoms with E-state index in [-0.39, 0.29) is 5.41 Å². The number of benzene rings is 4. The zero-order valence-corrected chi connectivity index (χ0v) is 77.7. The molecule has 0 bridgehead atoms. The van der Waals surface area contributed by atoms with Crippen molar-refractivity contribution in [1.82, 2.24) is 0 Å². The molecule has 0 aliphatic heterocycles. The minimum Gasteiger partial charge on any atom is -0.201 e. The summed E-state index contributed by atoms with van der Waals surface area (Å²) in [5.41, 5.74) is 28.5. The Kier molecular flexibility index (Phi) is 32.0. The Morgan fingerprint density at radius 2 is 0.596 bits per heavy atom. The van der Waals surface area contributed by atoms with Gasteiger partial charge < -0.3 is 0 Å². The molecule has 0 atom stereocenters. The van der Waals surface area contributed by atoms with Gasteiger partial charge in [-0.05, 0) is 217 Å². The second kappa shape index (κ2) is 37.4. The highest BCUT2D eigenvalue weighted by Crippen LogP contribution is 2.34. The monoisotopic (exact) mass is 1470 g/mol. The zero-order valence-electron chi connectivity index (χ0n) is 73.7. The highest BCUT2D eigenvalue weighted by atomic mass is 28.3. The molecule has 4 heterocycles. The summed E-state index contributed by atoms with van der Waals surface area (Å²) in [5.74, 6) is 3.95. The van der Waals surface area contributed by atoms with Crippen molar-refractivity contribution in [3.05, 3.63) is 189 Å². The molecule has 0 N–H and O–H groups in total. The first-order valence-corrected chi connectivity index (χ1v) is 54.8. The topological polar surface area (TPSA) is 15.5 Å². The Balaban J connectivity index is 0.000000249. The SMILES string of the molecule is CCC(CC)c1c[n+](C)c(-c2ccc(C(C)(C)C)cc2C)cc1[Si](C)(C)C.CCC(CC)c1c[n+](C)c(-c2ccc(C(C)C)cc2C)cc1[Si](C)(C)C.CCC(CC)c1c[n+](C)c(-c2ccc(C)cc2C)cc1[Si](C)(C)C.CCC(CC)c1c[n+](C)c(-c2ccc(CC(C)C)cc2C)cc1[Si](C)(C)C. The van der Waals surface area contributed by atoms with Crippen molar-refractivity contribution in [2.45, 2.75) is 310 Å². The van der Waals surface area contributed by atoms with E-state index in [1.807, 2.05) is 0 Å². The van der Waals surface area contributed by atoms with Crippen molar-refractivity contribution in [2.24, 2.45) is 34.1 Å². The minimum atomic E-state index is -1.43. The first-order chi connectivity index (χ1) is 48.3. The molecule has 4 aromatic carbocycles. The van der Waals surface area contributed by atoms with E-state index in [2.05, 4.69) is 385 Å². The fourth-order valence-electron chi connectivity index (χ4n) is 16.0. The van der Waals surface area contributed by atoms with E-state index in [1.54, 1.807) is 43.0 Å². The molecule has 8 heteroatoms. The van der Waals surface area contributed by atoms with Crippen LogP contribution in [0.25, 0.3) is 45.0 Å². The molecule has 0 fully saturated rings. The first kappa shape index (κ1) is 89.0. The third-order valence-corrected chi connectivity index (χ3v) is 30.8. The van der Waals surface area contributed by atoms with Crippen molar-refractivity contribution in [1.29, 1.82) is 0 Å². The number of aromatic nitrogens is 4. The van der Waals surface area contributed by atoms with Gasteiger partial charge >= 0.3 is 0 Å². The lowest BCUT2D eigenvalue weighted by molar-refractivity contribution is -0.660. The maximum absolute atomic E-state index is 2.52. The molecule has 8 aromatic rings. The maximum atomic E-state index is 2.52. The second-order valence-corrected chi connectivity index (χ2v) is 57.3. The van der Waals surface area contributed by atoms with Crippen molar-refractivity contribution < 1.29 is 18.3 Å². The van der Waals surface area contributed by atoms with Gasteiger partial charge in [-0.15, -0.1) is 0 Å². The number of rotatable bonds is 23. The third kappa shape index (κ3) is 22.7. The normalized spacial score (nSPS) is 12.3. The van der Waals surface area contributed by atoms with E-state index >= 15 is 0 Å². The molecule has 104 heavy (non-hydrogen) atoms. The number of hydrogen-bond acceptors (Lipinski definition) is 0. The Bertz CT molecular complexity index is 4140. The van der Waals surface area contributed by atoms with Crippen molar-refractivity contribution >= 4 is 53.0 Å². The smallest absolute Gasteiger partial charge is 0.201 e. The van der Waals surface area contributed by atoms with Crippen LogP contribution in [0.15, 0.2) is 122 Å². The van der Waals surface area contributed by atoms with Gasteiger partial charge in [-0.25, -0.2) is 18.3 Å². The fraction of sp³-hybridized carbons (Fsp3) is 0.542. The average Bonchev–Trinajstić information content (AvgIpc) is 0.773. The molecule has 8 rings (SSSR count). The first-order valence-electron chi connectivity index (χ1n) is 40.8. The Labute approximate surface area is 644 Å². The Morgan fingerprint density at radius 1 is 0.327 bits per heavy atom. The number of pyridine rings is 4. The number of aryl methyl sites for hydroxylation is 9. The molecular weight excluding hydrogens is 1320 g/mol. The molecule has 0 radical (unpaired) electrons. The molecule has 0 spiro atoms. The zero-order chi connectivity index (χ0) is 78.6. The minimum absolute atomic E-state index is 0.189. The fourth-order valence-corrected chi connectivity index (χ4v) is 22.8. The summed E-state index contributed by atoms with van der Waals surface area (Å²) >= 11 is 0. The van der Waals surface area contributed by atoms with Gasteiger partial charge in [0.25, 0.3) is 0 Å². The van der Waals surface area contributed by atoms with Crippen LogP contribution in [0, 0.1) is 40.5 Å². The Morgan fingerprint density at radius 3 is 0.837 bits per heavy atom.